The van der Waals surface area contributed by atoms with Crippen LogP contribution in [0.25, 0.3) is 16.7 Å². The number of fused-ring (bicyclic) bond motifs is 3. The molecule has 4 aromatic rings. The van der Waals surface area contributed by atoms with Crippen molar-refractivity contribution in [2.24, 2.45) is 0 Å². The number of nitrogens with zero attached hydrogens (tertiary/aromatic N) is 5. The number of aromatic nitrogens is 2. The lowest BCUT2D eigenvalue weighted by Gasteiger charge is -2.40. The van der Waals surface area contributed by atoms with Crippen molar-refractivity contribution >= 4 is 22.5 Å². The van der Waals surface area contributed by atoms with Crippen LogP contribution in [0, 0.1) is 18.3 Å². The fraction of sp³-hybridized carbons (Fsp3) is 0.379. The van der Waals surface area contributed by atoms with Crippen molar-refractivity contribution in [2.75, 3.05) is 31.1 Å². The first kappa shape index (κ1) is 21.2. The largest absolute Gasteiger partial charge is 0.355 e. The molecule has 2 fully saturated rings. The number of imidazole rings is 1. The molecule has 2 aromatic carbocycles. The van der Waals surface area contributed by atoms with Gasteiger partial charge in [0.25, 0.3) is 0 Å². The summed E-state index contributed by atoms with van der Waals surface area (Å²) in [6.45, 7) is 6.32. The Kier molecular flexibility index (Phi) is 5.47. The predicted molar refractivity (Wildman–Crippen MR) is 137 cm³/mol. The van der Waals surface area contributed by atoms with Crippen LogP contribution in [0.4, 0.5) is 5.82 Å². The van der Waals surface area contributed by atoms with Crippen LogP contribution < -0.4 is 4.90 Å². The number of hydrogen-bond acceptors (Lipinski definition) is 4. The second-order valence-corrected chi connectivity index (χ2v) is 9.80. The minimum Gasteiger partial charge on any atom is -0.355 e. The summed E-state index contributed by atoms with van der Waals surface area (Å²) in [5, 5.41) is 10.2. The molecule has 0 unspecified atom stereocenters. The van der Waals surface area contributed by atoms with Gasteiger partial charge in [0.05, 0.1) is 16.6 Å². The number of para-hydroxylation sites is 2. The third-order valence-corrected chi connectivity index (χ3v) is 7.88. The van der Waals surface area contributed by atoms with Crippen molar-refractivity contribution < 1.29 is 0 Å². The Morgan fingerprint density at radius 3 is 2.38 bits per heavy atom. The first-order chi connectivity index (χ1) is 16.7. The van der Waals surface area contributed by atoms with Gasteiger partial charge in [-0.25, -0.2) is 4.98 Å². The molecule has 34 heavy (non-hydrogen) atoms. The van der Waals surface area contributed by atoms with Crippen molar-refractivity contribution in [1.29, 1.82) is 5.26 Å². The van der Waals surface area contributed by atoms with E-state index in [0.29, 0.717) is 5.56 Å². The Morgan fingerprint density at radius 1 is 0.941 bits per heavy atom. The average Bonchev–Trinajstić information content (AvgIpc) is 3.54. The molecule has 5 heteroatoms. The van der Waals surface area contributed by atoms with Crippen molar-refractivity contribution in [3.63, 3.8) is 0 Å². The van der Waals surface area contributed by atoms with Gasteiger partial charge < -0.3 is 4.90 Å². The zero-order chi connectivity index (χ0) is 23.1. The van der Waals surface area contributed by atoms with Gasteiger partial charge in [0, 0.05) is 44.2 Å². The van der Waals surface area contributed by atoms with Gasteiger partial charge in [-0.1, -0.05) is 55.3 Å². The highest BCUT2D eigenvalue weighted by molar-refractivity contribution is 5.86. The quantitative estimate of drug-likeness (QED) is 0.423. The molecule has 5 nitrogen and oxygen atoms in total. The summed E-state index contributed by atoms with van der Waals surface area (Å²) < 4.78 is 2.27. The SMILES string of the molecule is Cc1c(Cc2ccccc2)c(N2CCN(C3CCCC3)CC2)n2c(nc3ccccc32)c1C#N. The third kappa shape index (κ3) is 3.54. The van der Waals surface area contributed by atoms with E-state index in [-0.39, 0.29) is 0 Å². The number of piperazine rings is 1. The second-order valence-electron chi connectivity index (χ2n) is 9.80. The lowest BCUT2D eigenvalue weighted by Crippen LogP contribution is -2.50. The molecular weight excluding hydrogens is 418 g/mol. The number of pyridine rings is 1. The summed E-state index contributed by atoms with van der Waals surface area (Å²) in [5.41, 5.74) is 7.07. The van der Waals surface area contributed by atoms with Crippen molar-refractivity contribution in [1.82, 2.24) is 14.3 Å². The first-order valence-electron chi connectivity index (χ1n) is 12.6. The molecule has 1 aliphatic heterocycles. The van der Waals surface area contributed by atoms with Gasteiger partial charge in [0.15, 0.2) is 5.65 Å². The number of anilines is 1. The Labute approximate surface area is 201 Å². The molecule has 172 valence electrons. The van der Waals surface area contributed by atoms with Crippen molar-refractivity contribution in [3.8, 4) is 6.07 Å². The highest BCUT2D eigenvalue weighted by Crippen LogP contribution is 2.35. The second kappa shape index (κ2) is 8.77. The van der Waals surface area contributed by atoms with E-state index in [0.717, 1.165) is 60.9 Å². The molecule has 1 saturated carbocycles. The summed E-state index contributed by atoms with van der Waals surface area (Å²) >= 11 is 0. The molecule has 1 saturated heterocycles. The van der Waals surface area contributed by atoms with Crippen LogP contribution in [0.3, 0.4) is 0 Å². The molecule has 0 spiro atoms. The summed E-state index contributed by atoms with van der Waals surface area (Å²) in [4.78, 5) is 10.2. The molecule has 0 radical (unpaired) electrons. The van der Waals surface area contributed by atoms with E-state index in [1.807, 2.05) is 6.07 Å². The Bertz CT molecular complexity index is 1370. The fourth-order valence-electron chi connectivity index (χ4n) is 6.08. The number of rotatable bonds is 4. The van der Waals surface area contributed by atoms with Gasteiger partial charge in [0.1, 0.15) is 11.9 Å². The summed E-state index contributed by atoms with van der Waals surface area (Å²) in [6, 6.07) is 22.2. The molecule has 6 rings (SSSR count). The van der Waals surface area contributed by atoms with Crippen LogP contribution in [0.2, 0.25) is 0 Å². The fourth-order valence-corrected chi connectivity index (χ4v) is 6.08. The van der Waals surface area contributed by atoms with Gasteiger partial charge in [-0.2, -0.15) is 5.26 Å². The molecular formula is C29H31N5. The molecule has 3 heterocycles. The van der Waals surface area contributed by atoms with E-state index in [9.17, 15) is 5.26 Å². The highest BCUT2D eigenvalue weighted by Gasteiger charge is 2.30. The van der Waals surface area contributed by atoms with E-state index in [1.165, 1.54) is 42.6 Å². The first-order valence-corrected chi connectivity index (χ1v) is 12.6. The minimum atomic E-state index is 0.690. The monoisotopic (exact) mass is 449 g/mol. The minimum absolute atomic E-state index is 0.690. The van der Waals surface area contributed by atoms with Crippen LogP contribution in [0.5, 0.6) is 0 Å². The topological polar surface area (TPSA) is 47.6 Å². The molecule has 2 aliphatic rings. The van der Waals surface area contributed by atoms with Crippen LogP contribution in [-0.4, -0.2) is 46.5 Å². The van der Waals surface area contributed by atoms with Crippen molar-refractivity contribution in [2.45, 2.75) is 45.1 Å². The average molecular weight is 450 g/mol. The predicted octanol–water partition coefficient (Wildman–Crippen LogP) is 5.32. The smallest absolute Gasteiger partial charge is 0.157 e. The standard InChI is InChI=1S/C29H31N5/c1-21-24(19-22-9-3-2-4-10-22)29(33-17-15-32(16-18-33)23-11-5-6-12-23)34-27-14-8-7-13-26(27)31-28(34)25(21)20-30/h2-4,7-10,13-14,23H,5-6,11-12,15-19H2,1H3. The van der Waals surface area contributed by atoms with E-state index >= 15 is 0 Å². The number of hydrogen-bond donors (Lipinski definition) is 0. The maximum atomic E-state index is 10.2. The Balaban J connectivity index is 1.52. The van der Waals surface area contributed by atoms with Crippen LogP contribution in [0.1, 0.15) is 47.9 Å². The number of benzene rings is 2. The van der Waals surface area contributed by atoms with E-state index < -0.39 is 0 Å². The van der Waals surface area contributed by atoms with Crippen LogP contribution in [-0.2, 0) is 6.42 Å². The maximum Gasteiger partial charge on any atom is 0.157 e. The highest BCUT2D eigenvalue weighted by atomic mass is 15.3. The molecule has 1 aliphatic carbocycles. The summed E-state index contributed by atoms with van der Waals surface area (Å²) in [6.07, 6.45) is 6.27. The molecule has 0 bridgehead atoms. The molecule has 0 N–H and O–H groups in total. The Hall–Kier alpha value is -3.36. The van der Waals surface area contributed by atoms with Gasteiger partial charge in [0.2, 0.25) is 0 Å². The van der Waals surface area contributed by atoms with E-state index in [2.05, 4.69) is 75.7 Å². The Morgan fingerprint density at radius 2 is 1.65 bits per heavy atom. The van der Waals surface area contributed by atoms with E-state index in [4.69, 9.17) is 4.98 Å². The normalized spacial score (nSPS) is 17.6. The zero-order valence-electron chi connectivity index (χ0n) is 19.9. The summed E-state index contributed by atoms with van der Waals surface area (Å²) in [5.74, 6) is 1.22. The lowest BCUT2D eigenvalue weighted by molar-refractivity contribution is 0.187. The molecule has 0 atom stereocenters. The van der Waals surface area contributed by atoms with Gasteiger partial charge in [-0.05, 0) is 43.0 Å². The van der Waals surface area contributed by atoms with Crippen molar-refractivity contribution in [3.05, 3.63) is 76.9 Å². The van der Waals surface area contributed by atoms with Gasteiger partial charge in [-0.15, -0.1) is 0 Å². The zero-order valence-corrected chi connectivity index (χ0v) is 19.9. The van der Waals surface area contributed by atoms with Gasteiger partial charge in [-0.3, -0.25) is 9.30 Å². The molecule has 0 amide bonds. The van der Waals surface area contributed by atoms with Crippen LogP contribution in [0.15, 0.2) is 54.6 Å². The van der Waals surface area contributed by atoms with Gasteiger partial charge >= 0.3 is 0 Å². The van der Waals surface area contributed by atoms with E-state index in [1.54, 1.807) is 0 Å². The number of nitriles is 1. The maximum absolute atomic E-state index is 10.2. The summed E-state index contributed by atoms with van der Waals surface area (Å²) in [7, 11) is 0. The third-order valence-electron chi connectivity index (χ3n) is 7.88. The van der Waals surface area contributed by atoms with Crippen LogP contribution >= 0.6 is 0 Å². The lowest BCUT2D eigenvalue weighted by atomic mass is 9.97. The molecule has 2 aromatic heterocycles.